The third-order valence-corrected chi connectivity index (χ3v) is 13.5. The summed E-state index contributed by atoms with van der Waals surface area (Å²) in [5, 5.41) is 5.06. The average molecular weight is 831 g/mol. The van der Waals surface area contributed by atoms with Crippen molar-refractivity contribution < 1.29 is 0 Å². The Morgan fingerprint density at radius 2 is 0.831 bits per heavy atom. The Labute approximate surface area is 381 Å². The molecule has 1 heterocycles. The molecule has 1 aliphatic heterocycles. The summed E-state index contributed by atoms with van der Waals surface area (Å²) in [7, 11) is 0. The van der Waals surface area contributed by atoms with Gasteiger partial charge in [-0.25, -0.2) is 0 Å². The zero-order chi connectivity index (χ0) is 43.3. The molecule has 2 unspecified atom stereocenters. The van der Waals surface area contributed by atoms with E-state index in [0.717, 1.165) is 17.1 Å². The standard InChI is InChI=1S/C63H46N2/c1-43-24-41-58-59(42-43)63(57-21-9-8-20-56(57)62(58)48-29-25-45(26-30-48)44-14-4-2-5-15-44)49-31-27-46(28-32-49)47-33-35-51(36-34-47)64(50-16-6-3-7-17-50)52-37-39-53(40-38-52)65-60-22-12-10-18-54(60)55-19-11-13-23-61(55)65/h2-42,54,60H,1H3. The third-order valence-electron chi connectivity index (χ3n) is 13.5. The van der Waals surface area contributed by atoms with Crippen LogP contribution in [0.3, 0.4) is 0 Å². The summed E-state index contributed by atoms with van der Waals surface area (Å²) in [6, 6.07) is 82.6. The number of nitrogens with zero attached hydrogens (tertiary/aromatic N) is 2. The third kappa shape index (κ3) is 6.83. The fourth-order valence-electron chi connectivity index (χ4n) is 10.4. The highest BCUT2D eigenvalue weighted by Gasteiger charge is 2.37. The van der Waals surface area contributed by atoms with Crippen LogP contribution in [0, 0.1) is 6.92 Å². The number of aryl methyl sites for hydroxylation is 1. The molecule has 10 aromatic rings. The summed E-state index contributed by atoms with van der Waals surface area (Å²) in [4.78, 5) is 4.84. The minimum absolute atomic E-state index is 0.271. The Kier molecular flexibility index (Phi) is 9.57. The van der Waals surface area contributed by atoms with Crippen LogP contribution in [0.25, 0.3) is 66.1 Å². The predicted octanol–water partition coefficient (Wildman–Crippen LogP) is 17.2. The number of para-hydroxylation sites is 2. The first kappa shape index (κ1) is 38.5. The molecule has 2 aliphatic rings. The van der Waals surface area contributed by atoms with Gasteiger partial charge < -0.3 is 9.80 Å². The molecule has 0 bridgehead atoms. The maximum atomic E-state index is 2.49. The minimum atomic E-state index is 0.271. The lowest BCUT2D eigenvalue weighted by atomic mass is 9.85. The lowest BCUT2D eigenvalue weighted by Gasteiger charge is -2.30. The van der Waals surface area contributed by atoms with E-state index in [0.29, 0.717) is 5.92 Å². The van der Waals surface area contributed by atoms with E-state index in [-0.39, 0.29) is 6.04 Å². The van der Waals surface area contributed by atoms with Gasteiger partial charge in [-0.15, -0.1) is 0 Å². The molecular weight excluding hydrogens is 785 g/mol. The monoisotopic (exact) mass is 830 g/mol. The Morgan fingerprint density at radius 1 is 0.369 bits per heavy atom. The Morgan fingerprint density at radius 3 is 1.48 bits per heavy atom. The van der Waals surface area contributed by atoms with Crippen molar-refractivity contribution in [3.63, 3.8) is 0 Å². The number of anilines is 5. The summed E-state index contributed by atoms with van der Waals surface area (Å²) in [5.74, 6) is 0.358. The number of allylic oxidation sites excluding steroid dienone is 2. The van der Waals surface area contributed by atoms with Gasteiger partial charge in [-0.1, -0.05) is 200 Å². The zero-order valence-corrected chi connectivity index (χ0v) is 36.2. The molecule has 12 rings (SSSR count). The zero-order valence-electron chi connectivity index (χ0n) is 36.2. The van der Waals surface area contributed by atoms with Gasteiger partial charge in [-0.3, -0.25) is 0 Å². The smallest absolute Gasteiger partial charge is 0.0629 e. The van der Waals surface area contributed by atoms with E-state index in [1.165, 1.54) is 88.6 Å². The van der Waals surface area contributed by atoms with Crippen LogP contribution < -0.4 is 9.80 Å². The van der Waals surface area contributed by atoms with Crippen LogP contribution in [0.5, 0.6) is 0 Å². The summed E-state index contributed by atoms with van der Waals surface area (Å²) in [6.45, 7) is 2.20. The van der Waals surface area contributed by atoms with Crippen LogP contribution in [0.15, 0.2) is 249 Å². The minimum Gasteiger partial charge on any atom is -0.333 e. The Hall–Kier alpha value is -8.20. The molecule has 0 saturated heterocycles. The highest BCUT2D eigenvalue weighted by Crippen LogP contribution is 2.49. The van der Waals surface area contributed by atoms with E-state index in [1.807, 2.05) is 0 Å². The molecule has 0 aromatic heterocycles. The first-order valence-electron chi connectivity index (χ1n) is 22.7. The fourth-order valence-corrected chi connectivity index (χ4v) is 10.4. The van der Waals surface area contributed by atoms with Crippen molar-refractivity contribution >= 4 is 50.0 Å². The highest BCUT2D eigenvalue weighted by molar-refractivity contribution is 6.21. The van der Waals surface area contributed by atoms with Gasteiger partial charge in [0, 0.05) is 34.4 Å². The molecule has 2 atom stereocenters. The van der Waals surface area contributed by atoms with Gasteiger partial charge >= 0.3 is 0 Å². The average Bonchev–Trinajstić information content (AvgIpc) is 3.71. The summed E-state index contributed by atoms with van der Waals surface area (Å²) in [5.41, 5.74) is 18.3. The normalized spacial score (nSPS) is 15.0. The van der Waals surface area contributed by atoms with Gasteiger partial charge in [0.05, 0.1) is 6.04 Å². The molecule has 0 saturated carbocycles. The van der Waals surface area contributed by atoms with Gasteiger partial charge in [0.2, 0.25) is 0 Å². The quantitative estimate of drug-likeness (QED) is 0.141. The molecular formula is C63H46N2. The van der Waals surface area contributed by atoms with E-state index in [9.17, 15) is 0 Å². The number of hydrogen-bond acceptors (Lipinski definition) is 2. The van der Waals surface area contributed by atoms with Crippen LogP contribution in [0.2, 0.25) is 0 Å². The number of rotatable bonds is 8. The molecule has 0 spiro atoms. The van der Waals surface area contributed by atoms with E-state index in [4.69, 9.17) is 0 Å². The van der Waals surface area contributed by atoms with Crippen molar-refractivity contribution in [3.8, 4) is 44.5 Å². The van der Waals surface area contributed by atoms with Crippen LogP contribution in [0.1, 0.15) is 17.0 Å². The maximum Gasteiger partial charge on any atom is 0.0629 e. The van der Waals surface area contributed by atoms with E-state index < -0.39 is 0 Å². The van der Waals surface area contributed by atoms with Crippen molar-refractivity contribution in [2.45, 2.75) is 18.9 Å². The molecule has 0 N–H and O–H groups in total. The summed E-state index contributed by atoms with van der Waals surface area (Å²) >= 11 is 0. The first-order valence-corrected chi connectivity index (χ1v) is 22.7. The fraction of sp³-hybridized carbons (Fsp3) is 0.0476. The first-order chi connectivity index (χ1) is 32.2. The molecule has 2 nitrogen and oxygen atoms in total. The Bertz CT molecular complexity index is 3400. The van der Waals surface area contributed by atoms with Crippen LogP contribution >= 0.6 is 0 Å². The molecule has 0 radical (unpaired) electrons. The molecule has 0 amide bonds. The lowest BCUT2D eigenvalue weighted by Crippen LogP contribution is -2.28. The van der Waals surface area contributed by atoms with Crippen LogP contribution in [0.4, 0.5) is 28.4 Å². The SMILES string of the molecule is Cc1ccc2c(-c3ccc(-c4ccccc4)cc3)c3ccccc3c(-c3ccc(-c4ccc(N(c5ccccc5)c5ccc(N6c7ccccc7C7C=CC=CC76)cc5)cc4)cc3)c2c1. The van der Waals surface area contributed by atoms with Gasteiger partial charge in [0.15, 0.2) is 0 Å². The van der Waals surface area contributed by atoms with Gasteiger partial charge in [-0.2, -0.15) is 0 Å². The van der Waals surface area contributed by atoms with E-state index in [2.05, 4.69) is 265 Å². The second kappa shape index (κ2) is 16.2. The van der Waals surface area contributed by atoms with Gasteiger partial charge in [-0.05, 0) is 133 Å². The summed E-state index contributed by atoms with van der Waals surface area (Å²) in [6.07, 6.45) is 9.03. The van der Waals surface area contributed by atoms with Crippen molar-refractivity contribution in [2.24, 2.45) is 0 Å². The second-order valence-electron chi connectivity index (χ2n) is 17.3. The van der Waals surface area contributed by atoms with Crippen LogP contribution in [-0.2, 0) is 0 Å². The topological polar surface area (TPSA) is 6.48 Å². The molecule has 1 aliphatic carbocycles. The van der Waals surface area contributed by atoms with E-state index in [1.54, 1.807) is 0 Å². The molecule has 10 aromatic carbocycles. The maximum absolute atomic E-state index is 2.49. The van der Waals surface area contributed by atoms with E-state index >= 15 is 0 Å². The van der Waals surface area contributed by atoms with Crippen molar-refractivity contribution in [3.05, 3.63) is 260 Å². The molecule has 0 fully saturated rings. The molecule has 308 valence electrons. The molecule has 65 heavy (non-hydrogen) atoms. The lowest BCUT2D eigenvalue weighted by molar-refractivity contribution is 0.745. The van der Waals surface area contributed by atoms with Gasteiger partial charge in [0.1, 0.15) is 0 Å². The predicted molar refractivity (Wildman–Crippen MR) is 276 cm³/mol. The van der Waals surface area contributed by atoms with Crippen molar-refractivity contribution in [1.29, 1.82) is 0 Å². The molecule has 2 heteroatoms. The van der Waals surface area contributed by atoms with Crippen molar-refractivity contribution in [1.82, 2.24) is 0 Å². The number of benzene rings is 10. The summed E-state index contributed by atoms with van der Waals surface area (Å²) < 4.78 is 0. The Balaban J connectivity index is 0.870. The van der Waals surface area contributed by atoms with Gasteiger partial charge in [0.25, 0.3) is 0 Å². The largest absolute Gasteiger partial charge is 0.333 e. The second-order valence-corrected chi connectivity index (χ2v) is 17.3. The number of fused-ring (bicyclic) bond motifs is 5. The van der Waals surface area contributed by atoms with Crippen LogP contribution in [-0.4, -0.2) is 6.04 Å². The number of hydrogen-bond donors (Lipinski definition) is 0. The highest BCUT2D eigenvalue weighted by atomic mass is 15.2. The van der Waals surface area contributed by atoms with Crippen molar-refractivity contribution in [2.75, 3.05) is 9.80 Å².